The van der Waals surface area contributed by atoms with Crippen LogP contribution in [0.25, 0.3) is 0 Å². The van der Waals surface area contributed by atoms with Crippen LogP contribution < -0.4 is 0 Å². The molecule has 0 rings (SSSR count). The molecule has 0 aromatic rings. The summed E-state index contributed by atoms with van der Waals surface area (Å²) in [5, 5.41) is 0. The van der Waals surface area contributed by atoms with Crippen molar-refractivity contribution in [3.8, 4) is 0 Å². The minimum atomic E-state index is -0.854. The summed E-state index contributed by atoms with van der Waals surface area (Å²) in [4.78, 5) is 38.1. The number of hydrogen-bond donors (Lipinski definition) is 0. The normalized spacial score (nSPS) is 13.6. The van der Waals surface area contributed by atoms with Gasteiger partial charge in [-0.1, -0.05) is 248 Å². The Bertz CT molecular complexity index is 1730. The molecular formula is C65H96O6. The molecule has 71 heavy (non-hydrogen) atoms. The second-order valence-corrected chi connectivity index (χ2v) is 17.2. The van der Waals surface area contributed by atoms with Gasteiger partial charge in [0.05, 0.1) is 0 Å². The summed E-state index contributed by atoms with van der Waals surface area (Å²) < 4.78 is 16.7. The first-order valence-electron chi connectivity index (χ1n) is 27.4. The van der Waals surface area contributed by atoms with Crippen molar-refractivity contribution in [2.24, 2.45) is 0 Å². The number of ether oxygens (including phenoxy) is 3. The van der Waals surface area contributed by atoms with Crippen LogP contribution in [0.15, 0.2) is 182 Å². The van der Waals surface area contributed by atoms with Gasteiger partial charge in [0.2, 0.25) is 0 Å². The lowest BCUT2D eigenvalue weighted by Gasteiger charge is -2.18. The molecule has 0 spiro atoms. The second kappa shape index (κ2) is 57.1. The van der Waals surface area contributed by atoms with Crippen molar-refractivity contribution in [1.82, 2.24) is 0 Å². The molecule has 0 fully saturated rings. The molecule has 0 radical (unpaired) electrons. The fourth-order valence-electron chi connectivity index (χ4n) is 6.56. The van der Waals surface area contributed by atoms with E-state index in [1.807, 2.05) is 85.1 Å². The molecule has 0 aliphatic heterocycles. The quantitative estimate of drug-likeness (QED) is 0.0199. The predicted molar refractivity (Wildman–Crippen MR) is 306 cm³/mol. The Morgan fingerprint density at radius 1 is 0.310 bits per heavy atom. The van der Waals surface area contributed by atoms with Crippen LogP contribution >= 0.6 is 0 Å². The van der Waals surface area contributed by atoms with E-state index in [2.05, 4.69) is 118 Å². The molecule has 0 aromatic heterocycles. The molecular weight excluding hydrogens is 877 g/mol. The molecule has 0 aliphatic carbocycles. The highest BCUT2D eigenvalue weighted by Gasteiger charge is 2.19. The summed E-state index contributed by atoms with van der Waals surface area (Å²) in [5.41, 5.74) is 0. The van der Waals surface area contributed by atoms with Gasteiger partial charge in [-0.3, -0.25) is 14.4 Å². The van der Waals surface area contributed by atoms with Crippen molar-refractivity contribution in [3.63, 3.8) is 0 Å². The van der Waals surface area contributed by atoms with E-state index in [9.17, 15) is 14.4 Å². The molecule has 0 saturated heterocycles. The average Bonchev–Trinajstić information content (AvgIpc) is 3.37. The van der Waals surface area contributed by atoms with Crippen molar-refractivity contribution >= 4 is 17.9 Å². The number of hydrogen-bond acceptors (Lipinski definition) is 6. The summed E-state index contributed by atoms with van der Waals surface area (Å²) in [6.07, 6.45) is 85.9. The molecule has 0 aromatic carbocycles. The van der Waals surface area contributed by atoms with E-state index in [4.69, 9.17) is 14.2 Å². The molecule has 0 bridgehead atoms. The first kappa shape index (κ1) is 65.5. The summed E-state index contributed by atoms with van der Waals surface area (Å²) in [6, 6.07) is 0. The molecule has 0 saturated carbocycles. The Balaban J connectivity index is 4.68. The van der Waals surface area contributed by atoms with Crippen LogP contribution in [0.2, 0.25) is 0 Å². The van der Waals surface area contributed by atoms with Crippen molar-refractivity contribution in [2.45, 2.75) is 194 Å². The van der Waals surface area contributed by atoms with E-state index in [-0.39, 0.29) is 38.0 Å². The smallest absolute Gasteiger partial charge is 0.306 e. The number of esters is 3. The first-order valence-corrected chi connectivity index (χ1v) is 27.4. The second-order valence-electron chi connectivity index (χ2n) is 17.2. The molecule has 6 heteroatoms. The van der Waals surface area contributed by atoms with Gasteiger partial charge in [-0.15, -0.1) is 0 Å². The van der Waals surface area contributed by atoms with Gasteiger partial charge in [-0.2, -0.15) is 0 Å². The highest BCUT2D eigenvalue weighted by atomic mass is 16.6. The molecule has 0 heterocycles. The van der Waals surface area contributed by atoms with Gasteiger partial charge in [0.25, 0.3) is 0 Å². The van der Waals surface area contributed by atoms with Crippen molar-refractivity contribution in [2.75, 3.05) is 13.2 Å². The van der Waals surface area contributed by atoms with Crippen LogP contribution in [0.3, 0.4) is 0 Å². The number of rotatable bonds is 46. The fraction of sp³-hybridized carbons (Fsp3) is 0.492. The van der Waals surface area contributed by atoms with Crippen LogP contribution in [-0.4, -0.2) is 37.2 Å². The maximum Gasteiger partial charge on any atom is 0.306 e. The highest BCUT2D eigenvalue weighted by Crippen LogP contribution is 2.12. The van der Waals surface area contributed by atoms with Crippen LogP contribution in [0.5, 0.6) is 0 Å². The molecule has 6 nitrogen and oxygen atoms in total. The minimum absolute atomic E-state index is 0.140. The standard InChI is InChI=1S/C65H96O6/c1-4-7-10-13-16-19-22-25-28-30-32-34-37-40-43-46-49-52-55-58-64(67)70-61-62(60-69-63(66)57-54-51-48-45-42-39-36-27-24-21-18-15-12-9-6-3)71-65(68)59-56-53-50-47-44-41-38-35-33-31-29-26-23-20-17-14-11-8-5-2/h7-8,10-11,13,16-22,24-30,32-35,37,40-41,43-44,50,53,62H,4-6,9,12,14-15,23,31,36,38-39,42,45-49,51-52,54-61H2,1-3H3/b10-7-,11-8-,16-13-,20-17-,21-18-,22-19-,27-24-,28-25-,29-26-,32-30+,35-33-,37-34-,43-40-,44-41-,53-50-. The minimum Gasteiger partial charge on any atom is -0.462 e. The van der Waals surface area contributed by atoms with Crippen LogP contribution in [0.4, 0.5) is 0 Å². The average molecular weight is 973 g/mol. The fourth-order valence-corrected chi connectivity index (χ4v) is 6.56. The lowest BCUT2D eigenvalue weighted by Crippen LogP contribution is -2.30. The van der Waals surface area contributed by atoms with E-state index in [1.54, 1.807) is 0 Å². The largest absolute Gasteiger partial charge is 0.462 e. The predicted octanol–water partition coefficient (Wildman–Crippen LogP) is 18.5. The molecule has 1 atom stereocenters. The van der Waals surface area contributed by atoms with Crippen molar-refractivity contribution in [1.29, 1.82) is 0 Å². The van der Waals surface area contributed by atoms with Gasteiger partial charge in [0.1, 0.15) is 13.2 Å². The number of allylic oxidation sites excluding steroid dienone is 30. The third-order valence-electron chi connectivity index (χ3n) is 10.6. The zero-order valence-electron chi connectivity index (χ0n) is 44.6. The topological polar surface area (TPSA) is 78.9 Å². The summed E-state index contributed by atoms with van der Waals surface area (Å²) in [6.45, 7) is 6.21. The third-order valence-corrected chi connectivity index (χ3v) is 10.6. The van der Waals surface area contributed by atoms with Crippen molar-refractivity contribution < 1.29 is 28.6 Å². The Kier molecular flexibility index (Phi) is 52.7. The van der Waals surface area contributed by atoms with Crippen molar-refractivity contribution in [3.05, 3.63) is 182 Å². The van der Waals surface area contributed by atoms with E-state index in [1.165, 1.54) is 32.1 Å². The van der Waals surface area contributed by atoms with Gasteiger partial charge in [-0.05, 0) is 103 Å². The number of carbonyl (C=O) groups is 3. The monoisotopic (exact) mass is 973 g/mol. The van der Waals surface area contributed by atoms with E-state index >= 15 is 0 Å². The van der Waals surface area contributed by atoms with Crippen LogP contribution in [0.1, 0.15) is 188 Å². The van der Waals surface area contributed by atoms with E-state index in [0.717, 1.165) is 103 Å². The number of carbonyl (C=O) groups excluding carboxylic acids is 3. The molecule has 0 N–H and O–H groups in total. The molecule has 392 valence electrons. The first-order chi connectivity index (χ1) is 35.0. The zero-order valence-corrected chi connectivity index (χ0v) is 44.6. The molecule has 0 aliphatic rings. The van der Waals surface area contributed by atoms with Crippen LogP contribution in [-0.2, 0) is 28.6 Å². The van der Waals surface area contributed by atoms with E-state index < -0.39 is 12.1 Å². The van der Waals surface area contributed by atoms with Gasteiger partial charge in [0.15, 0.2) is 6.10 Å². The highest BCUT2D eigenvalue weighted by molar-refractivity contribution is 5.71. The summed E-state index contributed by atoms with van der Waals surface area (Å²) in [5.74, 6) is -1.10. The number of unbranched alkanes of at least 4 members (excludes halogenated alkanes) is 12. The van der Waals surface area contributed by atoms with Gasteiger partial charge in [-0.25, -0.2) is 0 Å². The van der Waals surface area contributed by atoms with Gasteiger partial charge < -0.3 is 14.2 Å². The molecule has 1 unspecified atom stereocenters. The Hall–Kier alpha value is -5.49. The van der Waals surface area contributed by atoms with Gasteiger partial charge in [0, 0.05) is 19.3 Å². The Labute approximate surface area is 434 Å². The van der Waals surface area contributed by atoms with E-state index in [0.29, 0.717) is 19.3 Å². The maximum atomic E-state index is 12.8. The summed E-state index contributed by atoms with van der Waals surface area (Å²) in [7, 11) is 0. The zero-order chi connectivity index (χ0) is 51.4. The SMILES string of the molecule is CC\C=C/C=C\C=C/C=C\C=C\C=C/C=C\CCCCCC(=O)OCC(COC(=O)CCCCCCCC/C=C\C=C/CCCCC)OC(=O)CC/C=C\C/C=C\C/C=C\C/C=C\C/C=C\C/C=C\CC. The lowest BCUT2D eigenvalue weighted by molar-refractivity contribution is -0.166. The maximum absolute atomic E-state index is 12.8. The summed E-state index contributed by atoms with van der Waals surface area (Å²) >= 11 is 0. The Morgan fingerprint density at radius 3 is 1.08 bits per heavy atom. The third kappa shape index (κ3) is 55.3. The van der Waals surface area contributed by atoms with Gasteiger partial charge >= 0.3 is 17.9 Å². The van der Waals surface area contributed by atoms with Crippen LogP contribution in [0, 0.1) is 0 Å². The Morgan fingerprint density at radius 2 is 0.648 bits per heavy atom. The lowest BCUT2D eigenvalue weighted by atomic mass is 10.1. The molecule has 0 amide bonds.